The Morgan fingerprint density at radius 2 is 1.52 bits per heavy atom. The normalized spacial score (nSPS) is 13.3. The van der Waals surface area contributed by atoms with Gasteiger partial charge in [-0.3, -0.25) is 9.36 Å². The van der Waals surface area contributed by atoms with Gasteiger partial charge in [-0.15, -0.1) is 0 Å². The van der Waals surface area contributed by atoms with E-state index >= 15 is 0 Å². The molecule has 0 fully saturated rings. The molecule has 120 valence electrons. The molecule has 1 unspecified atom stereocenters. The molecular formula is C13H27NNaO5P. The Bertz CT molecular complexity index is 304. The van der Waals surface area contributed by atoms with Crippen LogP contribution >= 0.6 is 7.82 Å². The maximum absolute atomic E-state index is 11.2. The molecule has 0 heterocycles. The zero-order chi connectivity index (χ0) is 15.3. The molecule has 0 aromatic carbocycles. The van der Waals surface area contributed by atoms with Crippen LogP contribution in [0.3, 0.4) is 0 Å². The first-order valence-corrected chi connectivity index (χ1v) is 8.86. The fourth-order valence-corrected chi connectivity index (χ4v) is 2.48. The molecule has 0 aromatic rings. The molecule has 21 heavy (non-hydrogen) atoms. The summed E-state index contributed by atoms with van der Waals surface area (Å²) in [6.07, 6.45) is 10.3. The minimum atomic E-state index is -4.54. The van der Waals surface area contributed by atoms with Crippen LogP contribution in [0.15, 0.2) is 0 Å². The van der Waals surface area contributed by atoms with Gasteiger partial charge < -0.3 is 9.42 Å². The molecule has 0 aliphatic heterocycles. The number of hydroxylamine groups is 1. The van der Waals surface area contributed by atoms with Gasteiger partial charge in [-0.25, -0.2) is 4.62 Å². The fourth-order valence-electron chi connectivity index (χ4n) is 1.88. The second-order valence-electron chi connectivity index (χ2n) is 4.78. The summed E-state index contributed by atoms with van der Waals surface area (Å²) in [6.45, 7) is 2.20. The average Bonchev–Trinajstić information content (AvgIpc) is 2.36. The van der Waals surface area contributed by atoms with Crippen molar-refractivity contribution in [2.45, 2.75) is 71.1 Å². The van der Waals surface area contributed by atoms with Crippen molar-refractivity contribution in [3.8, 4) is 0 Å². The van der Waals surface area contributed by atoms with Crippen molar-refractivity contribution in [3.05, 3.63) is 0 Å². The van der Waals surface area contributed by atoms with Crippen LogP contribution in [0.1, 0.15) is 71.1 Å². The quantitative estimate of drug-likeness (QED) is 0.222. The maximum atomic E-state index is 11.2. The molecule has 0 bridgehead atoms. The molecule has 6 nitrogen and oxygen atoms in total. The number of phosphoric acid groups is 1. The Morgan fingerprint density at radius 3 is 2.00 bits per heavy atom. The molecule has 1 N–H and O–H groups in total. The van der Waals surface area contributed by atoms with E-state index in [1.807, 2.05) is 5.48 Å². The first-order valence-electron chi connectivity index (χ1n) is 7.40. The summed E-state index contributed by atoms with van der Waals surface area (Å²) in [5.41, 5.74) is 1.97. The number of nitrogens with one attached hydrogen (secondary N) is 1. The molecule has 0 saturated heterocycles. The van der Waals surface area contributed by atoms with Gasteiger partial charge in [0.1, 0.15) is 0 Å². The minimum absolute atomic E-state index is 0. The molecule has 1 atom stereocenters. The Kier molecular flexibility index (Phi) is 17.6. The van der Waals surface area contributed by atoms with Crippen molar-refractivity contribution in [1.82, 2.24) is 5.48 Å². The molecule has 0 spiro atoms. The van der Waals surface area contributed by atoms with Gasteiger partial charge in [0.15, 0.2) is 0 Å². The summed E-state index contributed by atoms with van der Waals surface area (Å²) < 4.78 is 19.3. The van der Waals surface area contributed by atoms with E-state index in [0.29, 0.717) is 6.42 Å². The van der Waals surface area contributed by atoms with Gasteiger partial charge in [0.2, 0.25) is 0 Å². The first kappa shape index (κ1) is 23.8. The largest absolute Gasteiger partial charge is 1.00 e. The topological polar surface area (TPSA) is 87.7 Å². The Morgan fingerprint density at radius 1 is 1.05 bits per heavy atom. The van der Waals surface area contributed by atoms with Gasteiger partial charge in [-0.1, -0.05) is 58.3 Å². The summed E-state index contributed by atoms with van der Waals surface area (Å²) in [6, 6.07) is 0. The van der Waals surface area contributed by atoms with E-state index in [-0.39, 0.29) is 36.0 Å². The molecule has 0 rings (SSSR count). The third-order valence-electron chi connectivity index (χ3n) is 2.90. The summed E-state index contributed by atoms with van der Waals surface area (Å²) in [5, 5.41) is 0. The van der Waals surface area contributed by atoms with Gasteiger partial charge in [0.25, 0.3) is 0 Å². The molecule has 0 aromatic heterocycles. The Labute approximate surface area is 150 Å². The molecule has 0 aliphatic carbocycles. The van der Waals surface area contributed by atoms with Crippen LogP contribution in [0.4, 0.5) is 0 Å². The average molecular weight is 331 g/mol. The molecule has 0 aliphatic rings. The van der Waals surface area contributed by atoms with E-state index in [1.54, 1.807) is 0 Å². The summed E-state index contributed by atoms with van der Waals surface area (Å²) in [5.74, 6) is -0.762. The second kappa shape index (κ2) is 15.5. The monoisotopic (exact) mass is 331 g/mol. The predicted molar refractivity (Wildman–Crippen MR) is 75.7 cm³/mol. The van der Waals surface area contributed by atoms with Crippen molar-refractivity contribution in [2.24, 2.45) is 0 Å². The van der Waals surface area contributed by atoms with Crippen molar-refractivity contribution in [3.63, 3.8) is 0 Å². The van der Waals surface area contributed by atoms with Crippen molar-refractivity contribution in [2.75, 3.05) is 7.05 Å². The Hall–Kier alpha value is 0.580. The van der Waals surface area contributed by atoms with Gasteiger partial charge in [-0.05, 0) is 6.42 Å². The Balaban J connectivity index is 0. The number of carbonyl (C=O) groups excluding carboxylic acids is 1. The number of rotatable bonds is 13. The van der Waals surface area contributed by atoms with Gasteiger partial charge in [0.05, 0.1) is 0 Å². The van der Waals surface area contributed by atoms with E-state index in [9.17, 15) is 14.3 Å². The van der Waals surface area contributed by atoms with E-state index < -0.39 is 13.8 Å². The maximum Gasteiger partial charge on any atom is 1.00 e. The summed E-state index contributed by atoms with van der Waals surface area (Å²) >= 11 is 0. The first-order chi connectivity index (χ1) is 9.52. The second-order valence-corrected chi connectivity index (χ2v) is 6.04. The van der Waals surface area contributed by atoms with Crippen molar-refractivity contribution in [1.29, 1.82) is 0 Å². The number of carbonyl (C=O) groups is 1. The van der Waals surface area contributed by atoms with Crippen molar-refractivity contribution < 1.29 is 53.0 Å². The van der Waals surface area contributed by atoms with Gasteiger partial charge in [-0.2, -0.15) is 5.48 Å². The van der Waals surface area contributed by atoms with Crippen LogP contribution in [0.2, 0.25) is 0 Å². The molecule has 0 saturated carbocycles. The van der Waals surface area contributed by atoms with Gasteiger partial charge in [0, 0.05) is 13.5 Å². The zero-order valence-electron chi connectivity index (χ0n) is 13.6. The molecule has 0 amide bonds. The molecule has 8 heteroatoms. The predicted octanol–water partition coefficient (Wildman–Crippen LogP) is 0.0739. The van der Waals surface area contributed by atoms with Crippen molar-refractivity contribution >= 4 is 13.8 Å². The van der Waals surface area contributed by atoms with Crippen LogP contribution in [0, 0.1) is 0 Å². The molecular weight excluding hydrogens is 304 g/mol. The number of hydrogen-bond donors (Lipinski definition) is 1. The third-order valence-corrected chi connectivity index (χ3v) is 3.73. The molecule has 0 radical (unpaired) electrons. The van der Waals surface area contributed by atoms with Crippen LogP contribution in [-0.2, 0) is 18.5 Å². The number of unbranched alkanes of at least 4 members (excludes halogenated alkanes) is 8. The van der Waals surface area contributed by atoms with Crippen LogP contribution in [0.25, 0.3) is 0 Å². The SMILES string of the molecule is CCCCCCCCCCCC(=O)OP(=O)([O-])ONC.[Na+]. The van der Waals surface area contributed by atoms with Crippen LogP contribution in [-0.4, -0.2) is 13.0 Å². The van der Waals surface area contributed by atoms with Crippen LogP contribution in [0.5, 0.6) is 0 Å². The number of phosphoric ester groups is 1. The van der Waals surface area contributed by atoms with E-state index in [4.69, 9.17) is 0 Å². The van der Waals surface area contributed by atoms with E-state index in [2.05, 4.69) is 16.1 Å². The minimum Gasteiger partial charge on any atom is -0.745 e. The summed E-state index contributed by atoms with van der Waals surface area (Å²) in [7, 11) is -3.26. The van der Waals surface area contributed by atoms with Crippen LogP contribution < -0.4 is 39.9 Å². The van der Waals surface area contributed by atoms with E-state index in [0.717, 1.165) is 12.8 Å². The standard InChI is InChI=1S/C13H28NO5P.Na/c1-3-4-5-6-7-8-9-10-11-12-13(15)18-20(16,17)19-14-2;/h14H,3-12H2,1-2H3,(H,16,17);/q;+1/p-1. The zero-order valence-corrected chi connectivity index (χ0v) is 16.5. The fraction of sp³-hybridized carbons (Fsp3) is 0.923. The van der Waals surface area contributed by atoms with E-state index in [1.165, 1.54) is 45.6 Å². The van der Waals surface area contributed by atoms with Gasteiger partial charge >= 0.3 is 43.3 Å². The smallest absolute Gasteiger partial charge is 0.745 e. The summed E-state index contributed by atoms with van der Waals surface area (Å²) in [4.78, 5) is 22.2. The third kappa shape index (κ3) is 16.8. The number of hydrogen-bond acceptors (Lipinski definition) is 6.